The molecule has 2 N–H and O–H groups in total. The Labute approximate surface area is 140 Å². The zero-order valence-electron chi connectivity index (χ0n) is 13.8. The van der Waals surface area contributed by atoms with Gasteiger partial charge in [-0.15, -0.1) is 12.4 Å². The van der Waals surface area contributed by atoms with Gasteiger partial charge in [0.15, 0.2) is 0 Å². The molecule has 0 bridgehead atoms. The second kappa shape index (κ2) is 9.13. The Bertz CT molecular complexity index is 493. The summed E-state index contributed by atoms with van der Waals surface area (Å²) >= 11 is 0. The van der Waals surface area contributed by atoms with E-state index in [1.54, 1.807) is 0 Å². The highest BCUT2D eigenvalue weighted by Crippen LogP contribution is 2.21. The molecule has 5 heteroatoms. The Kier molecular flexibility index (Phi) is 7.87. The van der Waals surface area contributed by atoms with E-state index >= 15 is 0 Å². The van der Waals surface area contributed by atoms with Gasteiger partial charge in [-0.1, -0.05) is 25.1 Å². The normalized spacial score (nSPS) is 18.6. The molecule has 0 radical (unpaired) electrons. The SMILES string of the molecule is CCc1cccc(C)c1NC(=O)CN1CCCC(NC)C1.Cl. The number of nitrogens with zero attached hydrogens (tertiary/aromatic N) is 1. The number of para-hydroxylation sites is 1. The Morgan fingerprint density at radius 2 is 2.18 bits per heavy atom. The van der Waals surface area contributed by atoms with Crippen molar-refractivity contribution in [3.05, 3.63) is 29.3 Å². The number of likely N-dealkylation sites (N-methyl/N-ethyl adjacent to an activating group) is 1. The van der Waals surface area contributed by atoms with E-state index in [1.807, 2.05) is 26.1 Å². The Morgan fingerprint density at radius 3 is 2.86 bits per heavy atom. The van der Waals surface area contributed by atoms with E-state index in [1.165, 1.54) is 12.0 Å². The number of carbonyl (C=O) groups is 1. The van der Waals surface area contributed by atoms with Crippen LogP contribution in [-0.4, -0.2) is 43.5 Å². The van der Waals surface area contributed by atoms with Crippen LogP contribution in [0.1, 0.15) is 30.9 Å². The van der Waals surface area contributed by atoms with Crippen molar-refractivity contribution in [3.8, 4) is 0 Å². The molecule has 0 saturated carbocycles. The molecule has 22 heavy (non-hydrogen) atoms. The van der Waals surface area contributed by atoms with Crippen LogP contribution in [0.15, 0.2) is 18.2 Å². The van der Waals surface area contributed by atoms with E-state index in [4.69, 9.17) is 0 Å². The molecule has 2 rings (SSSR count). The molecule has 4 nitrogen and oxygen atoms in total. The average Bonchev–Trinajstić information content (AvgIpc) is 2.49. The summed E-state index contributed by atoms with van der Waals surface area (Å²) in [6, 6.07) is 6.69. The summed E-state index contributed by atoms with van der Waals surface area (Å²) in [5.74, 6) is 0.0933. The van der Waals surface area contributed by atoms with Gasteiger partial charge in [0.1, 0.15) is 0 Å². The molecule has 0 aliphatic carbocycles. The minimum absolute atomic E-state index is 0. The largest absolute Gasteiger partial charge is 0.324 e. The number of halogens is 1. The van der Waals surface area contributed by atoms with Crippen LogP contribution in [-0.2, 0) is 11.2 Å². The van der Waals surface area contributed by atoms with Crippen LogP contribution in [0.5, 0.6) is 0 Å². The minimum Gasteiger partial charge on any atom is -0.324 e. The number of hydrogen-bond donors (Lipinski definition) is 2. The predicted molar refractivity (Wildman–Crippen MR) is 95.0 cm³/mol. The van der Waals surface area contributed by atoms with E-state index in [-0.39, 0.29) is 18.3 Å². The van der Waals surface area contributed by atoms with Crippen molar-refractivity contribution in [2.24, 2.45) is 0 Å². The first kappa shape index (κ1) is 18.9. The summed E-state index contributed by atoms with van der Waals surface area (Å²) in [6.07, 6.45) is 3.29. The van der Waals surface area contributed by atoms with Crippen LogP contribution >= 0.6 is 12.4 Å². The number of aryl methyl sites for hydroxylation is 2. The van der Waals surface area contributed by atoms with Gasteiger partial charge in [0, 0.05) is 18.3 Å². The third-order valence-corrected chi connectivity index (χ3v) is 4.29. The quantitative estimate of drug-likeness (QED) is 0.874. The first-order valence-electron chi connectivity index (χ1n) is 7.92. The maximum atomic E-state index is 12.3. The van der Waals surface area contributed by atoms with Crippen molar-refractivity contribution in [3.63, 3.8) is 0 Å². The van der Waals surface area contributed by atoms with Gasteiger partial charge < -0.3 is 10.6 Å². The molecule has 1 saturated heterocycles. The lowest BCUT2D eigenvalue weighted by molar-refractivity contribution is -0.117. The van der Waals surface area contributed by atoms with E-state index in [0.717, 1.165) is 37.2 Å². The van der Waals surface area contributed by atoms with Crippen molar-refractivity contribution in [1.82, 2.24) is 10.2 Å². The fourth-order valence-electron chi connectivity index (χ4n) is 3.02. The Morgan fingerprint density at radius 1 is 1.41 bits per heavy atom. The zero-order chi connectivity index (χ0) is 15.2. The van der Waals surface area contributed by atoms with Crippen molar-refractivity contribution in [2.45, 2.75) is 39.2 Å². The van der Waals surface area contributed by atoms with Crippen molar-refractivity contribution in [1.29, 1.82) is 0 Å². The van der Waals surface area contributed by atoms with Crippen LogP contribution in [0.4, 0.5) is 5.69 Å². The molecular formula is C17H28ClN3O. The van der Waals surface area contributed by atoms with Crippen molar-refractivity contribution >= 4 is 24.0 Å². The maximum absolute atomic E-state index is 12.3. The van der Waals surface area contributed by atoms with Crippen LogP contribution in [0.2, 0.25) is 0 Å². The van der Waals surface area contributed by atoms with Gasteiger partial charge >= 0.3 is 0 Å². The predicted octanol–water partition coefficient (Wildman–Crippen LogP) is 2.60. The number of anilines is 1. The summed E-state index contributed by atoms with van der Waals surface area (Å²) in [7, 11) is 2.00. The van der Waals surface area contributed by atoms with Crippen LogP contribution in [0.25, 0.3) is 0 Å². The molecular weight excluding hydrogens is 298 g/mol. The minimum atomic E-state index is 0. The topological polar surface area (TPSA) is 44.4 Å². The Hall–Kier alpha value is -1.10. The number of carbonyl (C=O) groups excluding carboxylic acids is 1. The second-order valence-electron chi connectivity index (χ2n) is 5.87. The highest BCUT2D eigenvalue weighted by atomic mass is 35.5. The maximum Gasteiger partial charge on any atom is 0.238 e. The number of benzene rings is 1. The third-order valence-electron chi connectivity index (χ3n) is 4.29. The lowest BCUT2D eigenvalue weighted by Crippen LogP contribution is -2.47. The first-order chi connectivity index (χ1) is 10.1. The van der Waals surface area contributed by atoms with Gasteiger partial charge in [0.2, 0.25) is 5.91 Å². The second-order valence-corrected chi connectivity index (χ2v) is 5.87. The first-order valence-corrected chi connectivity index (χ1v) is 7.92. The van der Waals surface area contributed by atoms with Crippen molar-refractivity contribution in [2.75, 3.05) is 32.0 Å². The van der Waals surface area contributed by atoms with E-state index < -0.39 is 0 Å². The fourth-order valence-corrected chi connectivity index (χ4v) is 3.02. The highest BCUT2D eigenvalue weighted by Gasteiger charge is 2.20. The number of amides is 1. The number of nitrogens with one attached hydrogen (secondary N) is 2. The molecule has 1 atom stereocenters. The van der Waals surface area contributed by atoms with Crippen LogP contribution in [0.3, 0.4) is 0 Å². The molecule has 124 valence electrons. The highest BCUT2D eigenvalue weighted by molar-refractivity contribution is 5.93. The van der Waals surface area contributed by atoms with Crippen LogP contribution in [0, 0.1) is 6.92 Å². The smallest absolute Gasteiger partial charge is 0.238 e. The van der Waals surface area contributed by atoms with Gasteiger partial charge in [-0.05, 0) is 50.9 Å². The number of piperidine rings is 1. The molecule has 1 aliphatic heterocycles. The molecule has 0 spiro atoms. The molecule has 1 aromatic carbocycles. The summed E-state index contributed by atoms with van der Waals surface area (Å²) in [4.78, 5) is 14.6. The fraction of sp³-hybridized carbons (Fsp3) is 0.588. The molecule has 1 aliphatic rings. The monoisotopic (exact) mass is 325 g/mol. The van der Waals surface area contributed by atoms with Gasteiger partial charge in [0.25, 0.3) is 0 Å². The number of likely N-dealkylation sites (tertiary alicyclic amines) is 1. The van der Waals surface area contributed by atoms with Gasteiger partial charge in [0.05, 0.1) is 6.54 Å². The Balaban J connectivity index is 0.00000242. The average molecular weight is 326 g/mol. The molecule has 1 fully saturated rings. The van der Waals surface area contributed by atoms with Gasteiger partial charge in [-0.2, -0.15) is 0 Å². The molecule has 0 aromatic heterocycles. The lowest BCUT2D eigenvalue weighted by Gasteiger charge is -2.32. The zero-order valence-corrected chi connectivity index (χ0v) is 14.6. The summed E-state index contributed by atoms with van der Waals surface area (Å²) in [5, 5.41) is 6.42. The van der Waals surface area contributed by atoms with E-state index in [0.29, 0.717) is 12.6 Å². The summed E-state index contributed by atoms with van der Waals surface area (Å²) in [6.45, 7) is 6.62. The third kappa shape index (κ3) is 4.97. The molecule has 1 unspecified atom stereocenters. The number of hydrogen-bond acceptors (Lipinski definition) is 3. The summed E-state index contributed by atoms with van der Waals surface area (Å²) < 4.78 is 0. The molecule has 1 aromatic rings. The molecule has 1 heterocycles. The van der Waals surface area contributed by atoms with E-state index in [9.17, 15) is 4.79 Å². The van der Waals surface area contributed by atoms with Gasteiger partial charge in [-0.3, -0.25) is 9.69 Å². The lowest BCUT2D eigenvalue weighted by atomic mass is 10.1. The van der Waals surface area contributed by atoms with Crippen LogP contribution < -0.4 is 10.6 Å². The van der Waals surface area contributed by atoms with E-state index in [2.05, 4.69) is 28.5 Å². The standard InChI is InChI=1S/C17H27N3O.ClH/c1-4-14-8-5-7-13(2)17(14)19-16(21)12-20-10-6-9-15(11-20)18-3;/h5,7-8,15,18H,4,6,9-12H2,1-3H3,(H,19,21);1H. The summed E-state index contributed by atoms with van der Waals surface area (Å²) in [5.41, 5.74) is 3.33. The van der Waals surface area contributed by atoms with Crippen molar-refractivity contribution < 1.29 is 4.79 Å². The van der Waals surface area contributed by atoms with Gasteiger partial charge in [-0.25, -0.2) is 0 Å². The molecule has 1 amide bonds. The number of rotatable bonds is 5.